The Labute approximate surface area is 151 Å². The van der Waals surface area contributed by atoms with Crippen LogP contribution in [0, 0.1) is 12.8 Å². The van der Waals surface area contributed by atoms with Crippen LogP contribution in [0.3, 0.4) is 0 Å². The van der Waals surface area contributed by atoms with Gasteiger partial charge in [0.05, 0.1) is 17.5 Å². The first-order valence-corrected chi connectivity index (χ1v) is 9.01. The summed E-state index contributed by atoms with van der Waals surface area (Å²) in [5.41, 5.74) is 4.13. The van der Waals surface area contributed by atoms with Gasteiger partial charge in [0.1, 0.15) is 12.0 Å². The molecule has 1 aliphatic carbocycles. The third-order valence-corrected chi connectivity index (χ3v) is 5.73. The highest BCUT2D eigenvalue weighted by atomic mass is 16.3. The summed E-state index contributed by atoms with van der Waals surface area (Å²) in [6.07, 6.45) is 4.97. The molecule has 5 nitrogen and oxygen atoms in total. The smallest absolute Gasteiger partial charge is 0.144 e. The maximum atomic E-state index is 10.1. The van der Waals surface area contributed by atoms with E-state index >= 15 is 0 Å². The molecule has 3 atom stereocenters. The number of hydrogen-bond donors (Lipinski definition) is 1. The second-order valence-electron chi connectivity index (χ2n) is 7.28. The Hall–Kier alpha value is -2.66. The van der Waals surface area contributed by atoms with Crippen molar-refractivity contribution in [3.63, 3.8) is 0 Å². The van der Waals surface area contributed by atoms with E-state index in [2.05, 4.69) is 75.7 Å². The predicted molar refractivity (Wildman–Crippen MR) is 103 cm³/mol. The molecule has 3 heterocycles. The molecule has 3 aromatic heterocycles. The fourth-order valence-electron chi connectivity index (χ4n) is 4.29. The molecule has 26 heavy (non-hydrogen) atoms. The Bertz CT molecular complexity index is 1100. The lowest BCUT2D eigenvalue weighted by atomic mass is 10.1. The number of hydrogen-bond acceptors (Lipinski definition) is 3. The fourth-order valence-corrected chi connectivity index (χ4v) is 4.29. The molecule has 1 fully saturated rings. The van der Waals surface area contributed by atoms with Crippen LogP contribution < -0.4 is 0 Å². The van der Waals surface area contributed by atoms with Crippen LogP contribution in [-0.4, -0.2) is 30.3 Å². The Morgan fingerprint density at radius 2 is 2.00 bits per heavy atom. The summed E-state index contributed by atoms with van der Waals surface area (Å²) in [6, 6.07) is 12.9. The third-order valence-electron chi connectivity index (χ3n) is 5.73. The zero-order valence-electron chi connectivity index (χ0n) is 14.7. The first-order valence-electron chi connectivity index (χ1n) is 9.01. The SMILES string of the molecule is [CH2][C@H]1C[C@@H](n2ccc3c(-c4cc5ccccc5n4C)ncnc32)C[C@@H]1O. The van der Waals surface area contributed by atoms with Gasteiger partial charge in [0.2, 0.25) is 0 Å². The van der Waals surface area contributed by atoms with Gasteiger partial charge >= 0.3 is 0 Å². The zero-order chi connectivity index (χ0) is 17.8. The number of aryl methyl sites for hydroxylation is 1. The quantitative estimate of drug-likeness (QED) is 0.602. The number of fused-ring (bicyclic) bond motifs is 2. The molecule has 1 radical (unpaired) electrons. The molecular formula is C21H21N4O. The summed E-state index contributed by atoms with van der Waals surface area (Å²) in [5.74, 6) is 0.0805. The minimum atomic E-state index is -0.336. The maximum Gasteiger partial charge on any atom is 0.144 e. The molecular weight excluding hydrogens is 324 g/mol. The Kier molecular flexibility index (Phi) is 3.40. The van der Waals surface area contributed by atoms with Crippen molar-refractivity contribution in [3.8, 4) is 11.4 Å². The number of para-hydroxylation sites is 1. The first kappa shape index (κ1) is 15.6. The van der Waals surface area contributed by atoms with E-state index in [9.17, 15) is 5.11 Å². The highest BCUT2D eigenvalue weighted by Crippen LogP contribution is 2.38. The standard InChI is InChI=1S/C21H21N4O/c1-13-9-15(11-19(13)26)25-8-7-16-20(22-12-23-21(16)25)18-10-14-5-3-4-6-17(14)24(18)2/h3-8,10,12-13,15,19,26H,1,9,11H2,2H3/t13-,15+,19-/m0/s1. The Balaban J connectivity index is 1.67. The number of rotatable bonds is 2. The van der Waals surface area contributed by atoms with Crippen LogP contribution in [0.15, 0.2) is 48.9 Å². The van der Waals surface area contributed by atoms with Crippen molar-refractivity contribution in [3.05, 3.63) is 55.8 Å². The van der Waals surface area contributed by atoms with Crippen molar-refractivity contribution in [1.29, 1.82) is 0 Å². The average molecular weight is 345 g/mol. The maximum absolute atomic E-state index is 10.1. The molecule has 131 valence electrons. The highest BCUT2D eigenvalue weighted by Gasteiger charge is 2.31. The number of benzene rings is 1. The molecule has 0 spiro atoms. The summed E-state index contributed by atoms with van der Waals surface area (Å²) in [6.45, 7) is 4.06. The number of nitrogens with zero attached hydrogens (tertiary/aromatic N) is 4. The molecule has 1 N–H and O–H groups in total. The van der Waals surface area contributed by atoms with Gasteiger partial charge in [-0.25, -0.2) is 9.97 Å². The van der Waals surface area contributed by atoms with Crippen LogP contribution in [0.1, 0.15) is 18.9 Å². The second-order valence-corrected chi connectivity index (χ2v) is 7.28. The van der Waals surface area contributed by atoms with Crippen molar-refractivity contribution >= 4 is 21.9 Å². The number of aliphatic hydroxyl groups excluding tert-OH is 1. The van der Waals surface area contributed by atoms with E-state index in [0.29, 0.717) is 0 Å². The van der Waals surface area contributed by atoms with Gasteiger partial charge in [-0.3, -0.25) is 0 Å². The topological polar surface area (TPSA) is 55.9 Å². The summed E-state index contributed by atoms with van der Waals surface area (Å²) in [7, 11) is 2.07. The van der Waals surface area contributed by atoms with Gasteiger partial charge in [0, 0.05) is 35.6 Å². The largest absolute Gasteiger partial charge is 0.393 e. The summed E-state index contributed by atoms with van der Waals surface area (Å²) >= 11 is 0. The lowest BCUT2D eigenvalue weighted by Crippen LogP contribution is -2.09. The van der Waals surface area contributed by atoms with E-state index in [4.69, 9.17) is 0 Å². The van der Waals surface area contributed by atoms with Crippen molar-refractivity contribution in [2.24, 2.45) is 13.0 Å². The molecule has 0 bridgehead atoms. The minimum absolute atomic E-state index is 0.0805. The number of aromatic nitrogens is 4. The van der Waals surface area contributed by atoms with Gasteiger partial charge in [-0.15, -0.1) is 0 Å². The number of aliphatic hydroxyl groups is 1. The van der Waals surface area contributed by atoms with Crippen LogP contribution >= 0.6 is 0 Å². The van der Waals surface area contributed by atoms with Crippen molar-refractivity contribution in [1.82, 2.24) is 19.1 Å². The third kappa shape index (κ3) is 2.20. The molecule has 0 saturated heterocycles. The molecule has 0 aliphatic heterocycles. The summed E-state index contributed by atoms with van der Waals surface area (Å²) in [4.78, 5) is 9.14. The summed E-state index contributed by atoms with van der Waals surface area (Å²) < 4.78 is 4.36. The van der Waals surface area contributed by atoms with Gasteiger partial charge in [0.25, 0.3) is 0 Å². The Morgan fingerprint density at radius 3 is 2.77 bits per heavy atom. The summed E-state index contributed by atoms with van der Waals surface area (Å²) in [5, 5.41) is 12.3. The van der Waals surface area contributed by atoms with Gasteiger partial charge < -0.3 is 14.2 Å². The predicted octanol–water partition coefficient (Wildman–Crippen LogP) is 3.74. The first-order chi connectivity index (χ1) is 12.6. The molecule has 1 aliphatic rings. The van der Waals surface area contributed by atoms with Gasteiger partial charge in [-0.2, -0.15) is 0 Å². The van der Waals surface area contributed by atoms with Crippen molar-refractivity contribution < 1.29 is 5.11 Å². The lowest BCUT2D eigenvalue weighted by Gasteiger charge is -2.13. The van der Waals surface area contributed by atoms with Crippen LogP contribution in [0.5, 0.6) is 0 Å². The van der Waals surface area contributed by atoms with Crippen molar-refractivity contribution in [2.75, 3.05) is 0 Å². The van der Waals surface area contributed by atoms with Crippen LogP contribution in [0.2, 0.25) is 0 Å². The van der Waals surface area contributed by atoms with E-state index in [0.717, 1.165) is 35.3 Å². The van der Waals surface area contributed by atoms with E-state index in [1.165, 1.54) is 10.9 Å². The lowest BCUT2D eigenvalue weighted by molar-refractivity contribution is 0.149. The molecule has 5 heteroatoms. The van der Waals surface area contributed by atoms with E-state index in [1.54, 1.807) is 6.33 Å². The van der Waals surface area contributed by atoms with Crippen LogP contribution in [-0.2, 0) is 7.05 Å². The van der Waals surface area contributed by atoms with Crippen LogP contribution in [0.4, 0.5) is 0 Å². The molecule has 0 amide bonds. The van der Waals surface area contributed by atoms with E-state index < -0.39 is 0 Å². The fraction of sp³-hybridized carbons (Fsp3) is 0.286. The van der Waals surface area contributed by atoms with E-state index in [-0.39, 0.29) is 18.1 Å². The van der Waals surface area contributed by atoms with Gasteiger partial charge in [-0.1, -0.05) is 18.2 Å². The normalized spacial score (nSPS) is 23.3. The van der Waals surface area contributed by atoms with E-state index in [1.807, 2.05) is 0 Å². The molecule has 5 rings (SSSR count). The van der Waals surface area contributed by atoms with Gasteiger partial charge in [0.15, 0.2) is 0 Å². The monoisotopic (exact) mass is 345 g/mol. The highest BCUT2D eigenvalue weighted by molar-refractivity contribution is 5.95. The van der Waals surface area contributed by atoms with Crippen molar-refractivity contribution in [2.45, 2.75) is 25.0 Å². The molecule has 1 aromatic carbocycles. The molecule has 4 aromatic rings. The zero-order valence-corrected chi connectivity index (χ0v) is 14.7. The van der Waals surface area contributed by atoms with Gasteiger partial charge in [-0.05, 0) is 43.9 Å². The minimum Gasteiger partial charge on any atom is -0.393 e. The second kappa shape index (κ2) is 5.68. The molecule has 0 unspecified atom stereocenters. The molecule has 1 saturated carbocycles. The average Bonchev–Trinajstić information content (AvgIpc) is 3.31. The van der Waals surface area contributed by atoms with Crippen LogP contribution in [0.25, 0.3) is 33.3 Å². The Morgan fingerprint density at radius 1 is 1.15 bits per heavy atom.